The zero-order chi connectivity index (χ0) is 14.4. The van der Waals surface area contributed by atoms with E-state index in [1.54, 1.807) is 17.4 Å². The van der Waals surface area contributed by atoms with Crippen LogP contribution in [0.4, 0.5) is 4.39 Å². The summed E-state index contributed by atoms with van der Waals surface area (Å²) in [6.07, 6.45) is 0. The molecule has 0 saturated heterocycles. The first-order valence-corrected chi connectivity index (χ1v) is 7.72. The van der Waals surface area contributed by atoms with Crippen LogP contribution in [0.1, 0.15) is 25.0 Å². The van der Waals surface area contributed by atoms with E-state index in [0.717, 1.165) is 17.7 Å². The molecule has 0 spiro atoms. The second kappa shape index (κ2) is 7.41. The van der Waals surface area contributed by atoms with Crippen molar-refractivity contribution in [3.8, 4) is 5.75 Å². The highest BCUT2D eigenvalue weighted by Gasteiger charge is 2.05. The second-order valence-electron chi connectivity index (χ2n) is 5.21. The number of ether oxygens (including phenoxy) is 1. The molecule has 1 N–H and O–H groups in total. The lowest BCUT2D eigenvalue weighted by Gasteiger charge is -2.10. The molecule has 0 saturated carbocycles. The van der Waals surface area contributed by atoms with Crippen molar-refractivity contribution >= 4 is 11.3 Å². The van der Waals surface area contributed by atoms with Crippen molar-refractivity contribution in [2.45, 2.75) is 27.0 Å². The SMILES string of the molecule is CC(C)CNCc1ccc(OCc2ccsc2)c(F)c1. The van der Waals surface area contributed by atoms with Gasteiger partial charge in [0.25, 0.3) is 0 Å². The van der Waals surface area contributed by atoms with Gasteiger partial charge in [0.1, 0.15) is 6.61 Å². The first-order chi connectivity index (χ1) is 9.65. The minimum absolute atomic E-state index is 0.302. The maximum absolute atomic E-state index is 13.9. The molecule has 2 aromatic rings. The topological polar surface area (TPSA) is 21.3 Å². The van der Waals surface area contributed by atoms with E-state index in [0.29, 0.717) is 24.8 Å². The first kappa shape index (κ1) is 15.0. The maximum atomic E-state index is 13.9. The predicted molar refractivity (Wildman–Crippen MR) is 81.6 cm³/mol. The lowest BCUT2D eigenvalue weighted by Crippen LogP contribution is -2.19. The van der Waals surface area contributed by atoms with Gasteiger partial charge in [-0.25, -0.2) is 4.39 Å². The standard InChI is InChI=1S/C16H20FNOS/c1-12(2)8-18-9-13-3-4-16(15(17)7-13)19-10-14-5-6-20-11-14/h3-7,11-12,18H,8-10H2,1-2H3. The molecule has 0 aliphatic carbocycles. The Kier molecular flexibility index (Phi) is 5.56. The van der Waals surface area contributed by atoms with E-state index in [-0.39, 0.29) is 5.82 Å². The lowest BCUT2D eigenvalue weighted by molar-refractivity contribution is 0.290. The van der Waals surface area contributed by atoms with Crippen molar-refractivity contribution in [2.75, 3.05) is 6.54 Å². The van der Waals surface area contributed by atoms with Crippen LogP contribution in [0.2, 0.25) is 0 Å². The Labute approximate surface area is 123 Å². The average Bonchev–Trinajstić information content (AvgIpc) is 2.90. The number of thiophene rings is 1. The number of hydrogen-bond donors (Lipinski definition) is 1. The molecule has 20 heavy (non-hydrogen) atoms. The van der Waals surface area contributed by atoms with Crippen LogP contribution in [0.5, 0.6) is 5.75 Å². The van der Waals surface area contributed by atoms with E-state index < -0.39 is 0 Å². The summed E-state index contributed by atoms with van der Waals surface area (Å²) in [6.45, 7) is 6.31. The number of hydrogen-bond acceptors (Lipinski definition) is 3. The van der Waals surface area contributed by atoms with E-state index >= 15 is 0 Å². The number of halogens is 1. The lowest BCUT2D eigenvalue weighted by atomic mass is 10.2. The van der Waals surface area contributed by atoms with Crippen LogP contribution in [0, 0.1) is 11.7 Å². The summed E-state index contributed by atoms with van der Waals surface area (Å²) in [5, 5.41) is 7.28. The maximum Gasteiger partial charge on any atom is 0.165 e. The van der Waals surface area contributed by atoms with Crippen LogP contribution >= 0.6 is 11.3 Å². The Bertz CT molecular complexity index is 525. The molecule has 0 aliphatic rings. The molecule has 4 heteroatoms. The summed E-state index contributed by atoms with van der Waals surface area (Å²) in [7, 11) is 0. The highest BCUT2D eigenvalue weighted by atomic mass is 32.1. The highest BCUT2D eigenvalue weighted by molar-refractivity contribution is 7.07. The van der Waals surface area contributed by atoms with Crippen molar-refractivity contribution in [3.63, 3.8) is 0 Å². The molecule has 0 fully saturated rings. The molecule has 2 rings (SSSR count). The third kappa shape index (κ3) is 4.62. The van der Waals surface area contributed by atoms with Crippen LogP contribution in [0.3, 0.4) is 0 Å². The zero-order valence-electron chi connectivity index (χ0n) is 11.9. The molecular weight excluding hydrogens is 273 g/mol. The molecular formula is C16H20FNOS. The predicted octanol–water partition coefficient (Wildman–Crippen LogP) is 4.21. The summed E-state index contributed by atoms with van der Waals surface area (Å²) >= 11 is 1.61. The molecule has 108 valence electrons. The summed E-state index contributed by atoms with van der Waals surface area (Å²) in [6, 6.07) is 7.12. The summed E-state index contributed by atoms with van der Waals surface area (Å²) in [5.41, 5.74) is 2.00. The van der Waals surface area contributed by atoms with Crippen molar-refractivity contribution in [3.05, 3.63) is 52.0 Å². The second-order valence-corrected chi connectivity index (χ2v) is 5.99. The van der Waals surface area contributed by atoms with Crippen LogP contribution < -0.4 is 10.1 Å². The first-order valence-electron chi connectivity index (χ1n) is 6.78. The van der Waals surface area contributed by atoms with E-state index in [9.17, 15) is 4.39 Å². The molecule has 2 nitrogen and oxygen atoms in total. The Morgan fingerprint density at radius 1 is 1.25 bits per heavy atom. The molecule has 1 aromatic heterocycles. The van der Waals surface area contributed by atoms with Gasteiger partial charge in [0.2, 0.25) is 0 Å². The van der Waals surface area contributed by atoms with Crippen molar-refractivity contribution in [1.82, 2.24) is 5.32 Å². The summed E-state index contributed by atoms with van der Waals surface area (Å²) in [5.74, 6) is 0.598. The normalized spacial score (nSPS) is 11.0. The van der Waals surface area contributed by atoms with Gasteiger partial charge in [-0.2, -0.15) is 11.3 Å². The number of benzene rings is 1. The largest absolute Gasteiger partial charge is 0.486 e. The summed E-state index contributed by atoms with van der Waals surface area (Å²) < 4.78 is 19.4. The number of nitrogens with one attached hydrogen (secondary N) is 1. The van der Waals surface area contributed by atoms with E-state index in [4.69, 9.17) is 4.74 Å². The van der Waals surface area contributed by atoms with Gasteiger partial charge >= 0.3 is 0 Å². The van der Waals surface area contributed by atoms with Crippen molar-refractivity contribution in [2.24, 2.45) is 5.92 Å². The van der Waals surface area contributed by atoms with Gasteiger partial charge in [-0.3, -0.25) is 0 Å². The Morgan fingerprint density at radius 2 is 2.10 bits per heavy atom. The fourth-order valence-corrected chi connectivity index (χ4v) is 2.47. The third-order valence-corrected chi connectivity index (χ3v) is 3.58. The Hall–Kier alpha value is -1.39. The van der Waals surface area contributed by atoms with Gasteiger partial charge in [-0.1, -0.05) is 19.9 Å². The summed E-state index contributed by atoms with van der Waals surface area (Å²) in [4.78, 5) is 0. The highest BCUT2D eigenvalue weighted by Crippen LogP contribution is 2.20. The van der Waals surface area contributed by atoms with Crippen LogP contribution in [0.25, 0.3) is 0 Å². The van der Waals surface area contributed by atoms with Crippen LogP contribution in [-0.2, 0) is 13.2 Å². The monoisotopic (exact) mass is 293 g/mol. The van der Waals surface area contributed by atoms with Gasteiger partial charge in [0, 0.05) is 6.54 Å². The van der Waals surface area contributed by atoms with Gasteiger partial charge in [0.15, 0.2) is 11.6 Å². The molecule has 0 amide bonds. The van der Waals surface area contributed by atoms with E-state index in [1.165, 1.54) is 6.07 Å². The molecule has 0 radical (unpaired) electrons. The van der Waals surface area contributed by atoms with Crippen LogP contribution in [-0.4, -0.2) is 6.54 Å². The molecule has 0 bridgehead atoms. The van der Waals surface area contributed by atoms with Gasteiger partial charge in [-0.15, -0.1) is 0 Å². The van der Waals surface area contributed by atoms with Crippen molar-refractivity contribution in [1.29, 1.82) is 0 Å². The van der Waals surface area contributed by atoms with Crippen LogP contribution in [0.15, 0.2) is 35.0 Å². The van der Waals surface area contributed by atoms with E-state index in [1.807, 2.05) is 22.9 Å². The quantitative estimate of drug-likeness (QED) is 0.825. The molecule has 0 aliphatic heterocycles. The average molecular weight is 293 g/mol. The molecule has 0 atom stereocenters. The molecule has 1 aromatic carbocycles. The Balaban J connectivity index is 1.88. The molecule has 1 heterocycles. The smallest absolute Gasteiger partial charge is 0.165 e. The fraction of sp³-hybridized carbons (Fsp3) is 0.375. The zero-order valence-corrected chi connectivity index (χ0v) is 12.7. The minimum Gasteiger partial charge on any atom is -0.486 e. The molecule has 0 unspecified atom stereocenters. The minimum atomic E-state index is -0.302. The third-order valence-electron chi connectivity index (χ3n) is 2.85. The fourth-order valence-electron chi connectivity index (χ4n) is 1.81. The van der Waals surface area contributed by atoms with E-state index in [2.05, 4.69) is 19.2 Å². The van der Waals surface area contributed by atoms with Gasteiger partial charge in [0.05, 0.1) is 0 Å². The van der Waals surface area contributed by atoms with Crippen molar-refractivity contribution < 1.29 is 9.13 Å². The number of rotatable bonds is 7. The van der Waals surface area contributed by atoms with Gasteiger partial charge in [-0.05, 0) is 52.5 Å². The van der Waals surface area contributed by atoms with Gasteiger partial charge < -0.3 is 10.1 Å². The Morgan fingerprint density at radius 3 is 2.75 bits per heavy atom.